The summed E-state index contributed by atoms with van der Waals surface area (Å²) in [6.07, 6.45) is 0.480. The summed E-state index contributed by atoms with van der Waals surface area (Å²) in [7, 11) is 0. The van der Waals surface area contributed by atoms with E-state index in [2.05, 4.69) is 4.98 Å². The van der Waals surface area contributed by atoms with Crippen LogP contribution in [0.5, 0.6) is 0 Å². The van der Waals surface area contributed by atoms with Gasteiger partial charge >= 0.3 is 6.09 Å². The predicted octanol–water partition coefficient (Wildman–Crippen LogP) is 1.40. The number of benzene rings is 1. The van der Waals surface area contributed by atoms with Crippen LogP contribution in [0.3, 0.4) is 0 Å². The SMILES string of the molecule is CCOC(=O)n1cnc2ccccc2c1=O. The van der Waals surface area contributed by atoms with Gasteiger partial charge in [-0.3, -0.25) is 4.79 Å². The number of rotatable bonds is 1. The Bertz CT molecular complexity index is 589. The van der Waals surface area contributed by atoms with Gasteiger partial charge in [0.25, 0.3) is 5.56 Å². The molecule has 1 aromatic carbocycles. The van der Waals surface area contributed by atoms with Crippen LogP contribution >= 0.6 is 0 Å². The highest BCUT2D eigenvalue weighted by atomic mass is 16.5. The van der Waals surface area contributed by atoms with Gasteiger partial charge in [-0.2, -0.15) is 0 Å². The van der Waals surface area contributed by atoms with Crippen molar-refractivity contribution in [3.05, 3.63) is 40.9 Å². The lowest BCUT2D eigenvalue weighted by Gasteiger charge is -2.04. The second-order valence-electron chi connectivity index (χ2n) is 3.14. The van der Waals surface area contributed by atoms with E-state index in [9.17, 15) is 9.59 Å². The fraction of sp³-hybridized carbons (Fsp3) is 0.182. The quantitative estimate of drug-likeness (QED) is 0.725. The second kappa shape index (κ2) is 4.14. The average molecular weight is 218 g/mol. The minimum atomic E-state index is -0.703. The Morgan fingerprint density at radius 1 is 1.44 bits per heavy atom. The van der Waals surface area contributed by atoms with Crippen LogP contribution in [0.25, 0.3) is 10.9 Å². The highest BCUT2D eigenvalue weighted by molar-refractivity contribution is 5.80. The molecule has 0 N–H and O–H groups in total. The van der Waals surface area contributed by atoms with Crippen LogP contribution in [0, 0.1) is 0 Å². The summed E-state index contributed by atoms with van der Waals surface area (Å²) >= 11 is 0. The van der Waals surface area contributed by atoms with Gasteiger partial charge in [0.05, 0.1) is 17.5 Å². The Kier molecular flexibility index (Phi) is 2.68. The molecule has 0 amide bonds. The van der Waals surface area contributed by atoms with Crippen molar-refractivity contribution in [2.45, 2.75) is 6.92 Å². The molecule has 0 unspecified atom stereocenters. The van der Waals surface area contributed by atoms with E-state index in [4.69, 9.17) is 4.74 Å². The number of fused-ring (bicyclic) bond motifs is 1. The van der Waals surface area contributed by atoms with E-state index < -0.39 is 11.7 Å². The van der Waals surface area contributed by atoms with Crippen LogP contribution < -0.4 is 5.56 Å². The second-order valence-corrected chi connectivity index (χ2v) is 3.14. The van der Waals surface area contributed by atoms with Crippen LogP contribution in [0.2, 0.25) is 0 Å². The first-order valence-corrected chi connectivity index (χ1v) is 4.87. The van der Waals surface area contributed by atoms with Crippen molar-refractivity contribution in [3.63, 3.8) is 0 Å². The number of aromatic nitrogens is 2. The summed E-state index contributed by atoms with van der Waals surface area (Å²) in [5, 5.41) is 0.401. The fourth-order valence-corrected chi connectivity index (χ4v) is 1.39. The van der Waals surface area contributed by atoms with Gasteiger partial charge < -0.3 is 4.74 Å². The van der Waals surface area contributed by atoms with Gasteiger partial charge in [-0.05, 0) is 19.1 Å². The molecule has 0 spiro atoms. The van der Waals surface area contributed by atoms with E-state index in [0.29, 0.717) is 10.9 Å². The molecular weight excluding hydrogens is 208 g/mol. The summed E-state index contributed by atoms with van der Waals surface area (Å²) in [6, 6.07) is 6.84. The normalized spacial score (nSPS) is 10.3. The van der Waals surface area contributed by atoms with Crippen molar-refractivity contribution in [3.8, 4) is 0 Å². The van der Waals surface area contributed by atoms with Gasteiger partial charge in [0.15, 0.2) is 0 Å². The fourth-order valence-electron chi connectivity index (χ4n) is 1.39. The third kappa shape index (κ3) is 1.67. The number of hydrogen-bond acceptors (Lipinski definition) is 4. The lowest BCUT2D eigenvalue weighted by Crippen LogP contribution is -2.28. The van der Waals surface area contributed by atoms with Gasteiger partial charge in [0.1, 0.15) is 6.33 Å². The average Bonchev–Trinajstić information content (AvgIpc) is 2.30. The lowest BCUT2D eigenvalue weighted by atomic mass is 10.2. The summed E-state index contributed by atoms with van der Waals surface area (Å²) in [5.41, 5.74) is 0.150. The number of nitrogens with zero attached hydrogens (tertiary/aromatic N) is 2. The predicted molar refractivity (Wildman–Crippen MR) is 58.4 cm³/mol. The van der Waals surface area contributed by atoms with Crippen molar-refractivity contribution in [1.29, 1.82) is 0 Å². The molecule has 0 fully saturated rings. The van der Waals surface area contributed by atoms with E-state index in [0.717, 1.165) is 4.57 Å². The topological polar surface area (TPSA) is 61.2 Å². The maximum absolute atomic E-state index is 11.9. The molecule has 82 valence electrons. The molecule has 1 aromatic heterocycles. The zero-order valence-corrected chi connectivity index (χ0v) is 8.71. The zero-order chi connectivity index (χ0) is 11.5. The smallest absolute Gasteiger partial charge is 0.422 e. The highest BCUT2D eigenvalue weighted by Gasteiger charge is 2.10. The van der Waals surface area contributed by atoms with Gasteiger partial charge in [0, 0.05) is 0 Å². The van der Waals surface area contributed by atoms with Crippen LogP contribution in [0.15, 0.2) is 35.4 Å². The van der Waals surface area contributed by atoms with Crippen LogP contribution in [0.4, 0.5) is 4.79 Å². The maximum atomic E-state index is 11.9. The van der Waals surface area contributed by atoms with Crippen LogP contribution in [-0.2, 0) is 4.74 Å². The molecule has 0 saturated carbocycles. The molecule has 0 aliphatic heterocycles. The molecule has 5 nitrogen and oxygen atoms in total. The van der Waals surface area contributed by atoms with E-state index in [1.54, 1.807) is 31.2 Å². The van der Waals surface area contributed by atoms with E-state index in [1.165, 1.54) is 6.33 Å². The van der Waals surface area contributed by atoms with E-state index in [1.807, 2.05) is 0 Å². The van der Waals surface area contributed by atoms with Gasteiger partial charge in [-0.1, -0.05) is 12.1 Å². The Hall–Kier alpha value is -2.17. The number of hydrogen-bond donors (Lipinski definition) is 0. The minimum Gasteiger partial charge on any atom is -0.449 e. The summed E-state index contributed by atoms with van der Waals surface area (Å²) < 4.78 is 5.61. The van der Waals surface area contributed by atoms with Crippen molar-refractivity contribution >= 4 is 17.0 Å². The molecule has 16 heavy (non-hydrogen) atoms. The molecule has 5 heteroatoms. The van der Waals surface area contributed by atoms with Gasteiger partial charge in [0.2, 0.25) is 0 Å². The largest absolute Gasteiger partial charge is 0.449 e. The first-order chi connectivity index (χ1) is 7.74. The molecule has 0 bridgehead atoms. The lowest BCUT2D eigenvalue weighted by molar-refractivity contribution is 0.153. The Labute approximate surface area is 91.3 Å². The van der Waals surface area contributed by atoms with Crippen LogP contribution in [-0.4, -0.2) is 22.3 Å². The number of para-hydroxylation sites is 1. The molecule has 0 aliphatic carbocycles. The Morgan fingerprint density at radius 3 is 2.94 bits per heavy atom. The highest BCUT2D eigenvalue weighted by Crippen LogP contribution is 2.04. The third-order valence-corrected chi connectivity index (χ3v) is 2.13. The first kappa shape index (κ1) is 10.4. The molecule has 0 radical (unpaired) electrons. The standard InChI is InChI=1S/C11H10N2O3/c1-2-16-11(15)13-7-12-9-6-4-3-5-8(9)10(13)14/h3-7H,2H2,1H3. The minimum absolute atomic E-state index is 0.220. The molecule has 1 heterocycles. The Morgan fingerprint density at radius 2 is 2.19 bits per heavy atom. The van der Waals surface area contributed by atoms with Crippen molar-refractivity contribution < 1.29 is 9.53 Å². The van der Waals surface area contributed by atoms with Gasteiger partial charge in [-0.15, -0.1) is 0 Å². The number of ether oxygens (including phenoxy) is 1. The number of carbonyl (C=O) groups excluding carboxylic acids is 1. The van der Waals surface area contributed by atoms with Gasteiger partial charge in [-0.25, -0.2) is 14.3 Å². The molecule has 2 rings (SSSR count). The van der Waals surface area contributed by atoms with E-state index >= 15 is 0 Å². The third-order valence-electron chi connectivity index (χ3n) is 2.13. The maximum Gasteiger partial charge on any atom is 0.422 e. The molecule has 2 aromatic rings. The monoisotopic (exact) mass is 218 g/mol. The first-order valence-electron chi connectivity index (χ1n) is 4.87. The molecular formula is C11H10N2O3. The van der Waals surface area contributed by atoms with Crippen molar-refractivity contribution in [2.75, 3.05) is 6.61 Å². The molecule has 0 saturated heterocycles. The Balaban J connectivity index is 2.61. The van der Waals surface area contributed by atoms with Crippen LogP contribution in [0.1, 0.15) is 6.92 Å². The van der Waals surface area contributed by atoms with E-state index in [-0.39, 0.29) is 6.61 Å². The summed E-state index contributed by atoms with van der Waals surface area (Å²) in [5.74, 6) is 0. The van der Waals surface area contributed by atoms with Crippen molar-refractivity contribution in [2.24, 2.45) is 0 Å². The zero-order valence-electron chi connectivity index (χ0n) is 8.71. The van der Waals surface area contributed by atoms with Crippen molar-refractivity contribution in [1.82, 2.24) is 9.55 Å². The summed E-state index contributed by atoms with van der Waals surface area (Å²) in [4.78, 5) is 27.3. The molecule has 0 atom stereocenters. The molecule has 0 aliphatic rings. The number of carbonyl (C=O) groups is 1. The summed E-state index contributed by atoms with van der Waals surface area (Å²) in [6.45, 7) is 1.90.